The first-order valence-electron chi connectivity index (χ1n) is 6.28. The number of aliphatic hydroxyl groups excluding tert-OH is 1. The second-order valence-electron chi connectivity index (χ2n) is 4.75. The Balaban J connectivity index is 1.82. The molecule has 2 atom stereocenters. The van der Waals surface area contributed by atoms with Crippen molar-refractivity contribution >= 4 is 11.5 Å². The molecule has 0 aliphatic heterocycles. The van der Waals surface area contributed by atoms with E-state index in [-0.39, 0.29) is 11.7 Å². The Kier molecular flexibility index (Phi) is 3.08. The maximum atomic E-state index is 10.6. The summed E-state index contributed by atoms with van der Waals surface area (Å²) in [6.45, 7) is 0. The molecule has 0 saturated heterocycles. The SMILES string of the molecule is O=[N+]([O-])c1ccc(N[C@@H]2c3ccccc3C[C@@H]2O)nc1. The van der Waals surface area contributed by atoms with Crippen LogP contribution in [0.5, 0.6) is 0 Å². The Morgan fingerprint density at radius 1 is 1.30 bits per heavy atom. The molecule has 3 rings (SSSR count). The number of aromatic nitrogens is 1. The minimum absolute atomic E-state index is 0.0529. The third-order valence-corrected chi connectivity index (χ3v) is 3.47. The summed E-state index contributed by atoms with van der Waals surface area (Å²) in [5.41, 5.74) is 2.10. The molecule has 0 amide bonds. The Morgan fingerprint density at radius 3 is 2.80 bits per heavy atom. The molecule has 1 aliphatic carbocycles. The molecule has 2 aromatic rings. The quantitative estimate of drug-likeness (QED) is 0.659. The second-order valence-corrected chi connectivity index (χ2v) is 4.75. The molecule has 2 N–H and O–H groups in total. The third kappa shape index (κ3) is 2.21. The van der Waals surface area contributed by atoms with E-state index in [4.69, 9.17) is 0 Å². The van der Waals surface area contributed by atoms with Crippen molar-refractivity contribution in [3.05, 3.63) is 63.8 Å². The van der Waals surface area contributed by atoms with E-state index in [9.17, 15) is 15.2 Å². The van der Waals surface area contributed by atoms with Gasteiger partial charge in [-0.1, -0.05) is 24.3 Å². The van der Waals surface area contributed by atoms with Crippen LogP contribution in [0.15, 0.2) is 42.6 Å². The highest BCUT2D eigenvalue weighted by Gasteiger charge is 2.30. The maximum Gasteiger partial charge on any atom is 0.287 e. The van der Waals surface area contributed by atoms with Gasteiger partial charge in [0, 0.05) is 12.5 Å². The molecule has 0 unspecified atom stereocenters. The number of nitrogens with one attached hydrogen (secondary N) is 1. The van der Waals surface area contributed by atoms with E-state index in [1.807, 2.05) is 24.3 Å². The molecule has 0 radical (unpaired) electrons. The first-order valence-corrected chi connectivity index (χ1v) is 6.28. The Morgan fingerprint density at radius 2 is 2.10 bits per heavy atom. The third-order valence-electron chi connectivity index (χ3n) is 3.47. The molecule has 1 aromatic carbocycles. The van der Waals surface area contributed by atoms with Crippen LogP contribution >= 0.6 is 0 Å². The van der Waals surface area contributed by atoms with E-state index >= 15 is 0 Å². The Bertz CT molecular complexity index is 642. The van der Waals surface area contributed by atoms with Gasteiger partial charge >= 0.3 is 0 Å². The van der Waals surface area contributed by atoms with E-state index in [1.54, 1.807) is 6.07 Å². The van der Waals surface area contributed by atoms with E-state index < -0.39 is 11.0 Å². The molecule has 102 valence electrons. The van der Waals surface area contributed by atoms with Gasteiger partial charge in [-0.05, 0) is 17.2 Å². The van der Waals surface area contributed by atoms with Crippen molar-refractivity contribution in [1.29, 1.82) is 0 Å². The molecule has 0 saturated carbocycles. The molecule has 1 aromatic heterocycles. The van der Waals surface area contributed by atoms with Crippen molar-refractivity contribution in [3.63, 3.8) is 0 Å². The van der Waals surface area contributed by atoms with Gasteiger partial charge in [0.25, 0.3) is 5.69 Å². The zero-order chi connectivity index (χ0) is 14.1. The van der Waals surface area contributed by atoms with Gasteiger partial charge in [-0.15, -0.1) is 0 Å². The lowest BCUT2D eigenvalue weighted by atomic mass is 10.1. The summed E-state index contributed by atoms with van der Waals surface area (Å²) in [7, 11) is 0. The van der Waals surface area contributed by atoms with Crippen molar-refractivity contribution in [3.8, 4) is 0 Å². The Hall–Kier alpha value is -2.47. The van der Waals surface area contributed by atoms with Crippen LogP contribution in [0.1, 0.15) is 17.2 Å². The van der Waals surface area contributed by atoms with Crippen LogP contribution in [0, 0.1) is 10.1 Å². The lowest BCUT2D eigenvalue weighted by molar-refractivity contribution is -0.385. The highest BCUT2D eigenvalue weighted by Crippen LogP contribution is 2.33. The average molecular weight is 271 g/mol. The van der Waals surface area contributed by atoms with Gasteiger partial charge in [0.1, 0.15) is 12.0 Å². The fraction of sp³-hybridized carbons (Fsp3) is 0.214. The molecule has 6 nitrogen and oxygen atoms in total. The summed E-state index contributed by atoms with van der Waals surface area (Å²) in [4.78, 5) is 14.1. The van der Waals surface area contributed by atoms with Gasteiger partial charge in [0.05, 0.1) is 17.1 Å². The lowest BCUT2D eigenvalue weighted by Crippen LogP contribution is -2.21. The smallest absolute Gasteiger partial charge is 0.287 e. The summed E-state index contributed by atoms with van der Waals surface area (Å²) in [6, 6.07) is 10.5. The number of benzene rings is 1. The van der Waals surface area contributed by atoms with Gasteiger partial charge in [-0.2, -0.15) is 0 Å². The molecule has 6 heteroatoms. The number of hydrogen-bond acceptors (Lipinski definition) is 5. The monoisotopic (exact) mass is 271 g/mol. The minimum Gasteiger partial charge on any atom is -0.390 e. The molecule has 0 bridgehead atoms. The number of aliphatic hydroxyl groups is 1. The second kappa shape index (κ2) is 4.90. The van der Waals surface area contributed by atoms with E-state index in [0.29, 0.717) is 12.2 Å². The molecule has 1 heterocycles. The minimum atomic E-state index is -0.524. The van der Waals surface area contributed by atoms with Gasteiger partial charge in [-0.25, -0.2) is 4.98 Å². The van der Waals surface area contributed by atoms with Crippen LogP contribution in [-0.2, 0) is 6.42 Å². The molecule has 0 spiro atoms. The number of pyridine rings is 1. The summed E-state index contributed by atoms with van der Waals surface area (Å²) in [5, 5.41) is 23.8. The zero-order valence-electron chi connectivity index (χ0n) is 10.6. The topological polar surface area (TPSA) is 88.3 Å². The summed E-state index contributed by atoms with van der Waals surface area (Å²) < 4.78 is 0. The van der Waals surface area contributed by atoms with Gasteiger partial charge in [0.15, 0.2) is 0 Å². The first kappa shape index (κ1) is 12.6. The van der Waals surface area contributed by atoms with Crippen molar-refractivity contribution in [2.45, 2.75) is 18.6 Å². The van der Waals surface area contributed by atoms with E-state index in [0.717, 1.165) is 11.1 Å². The maximum absolute atomic E-state index is 10.6. The highest BCUT2D eigenvalue weighted by molar-refractivity contribution is 5.46. The molecule has 0 fully saturated rings. The van der Waals surface area contributed by atoms with E-state index in [2.05, 4.69) is 10.3 Å². The van der Waals surface area contributed by atoms with Crippen molar-refractivity contribution in [2.75, 3.05) is 5.32 Å². The number of nitrogens with zero attached hydrogens (tertiary/aromatic N) is 2. The fourth-order valence-corrected chi connectivity index (χ4v) is 2.49. The molecular formula is C14H13N3O3. The largest absolute Gasteiger partial charge is 0.390 e. The number of hydrogen-bond donors (Lipinski definition) is 2. The normalized spacial score (nSPS) is 20.4. The predicted molar refractivity (Wildman–Crippen MR) is 73.4 cm³/mol. The predicted octanol–water partition coefficient (Wildman–Crippen LogP) is 2.06. The van der Waals surface area contributed by atoms with Crippen LogP contribution in [0.4, 0.5) is 11.5 Å². The van der Waals surface area contributed by atoms with Gasteiger partial charge in [0.2, 0.25) is 0 Å². The van der Waals surface area contributed by atoms with Crippen LogP contribution < -0.4 is 5.32 Å². The van der Waals surface area contributed by atoms with E-state index in [1.165, 1.54) is 12.3 Å². The molecular weight excluding hydrogens is 258 g/mol. The van der Waals surface area contributed by atoms with Crippen molar-refractivity contribution in [1.82, 2.24) is 4.98 Å². The summed E-state index contributed by atoms with van der Waals surface area (Å²) >= 11 is 0. The summed E-state index contributed by atoms with van der Waals surface area (Å²) in [5.74, 6) is 0.511. The van der Waals surface area contributed by atoms with Crippen LogP contribution in [0.2, 0.25) is 0 Å². The highest BCUT2D eigenvalue weighted by atomic mass is 16.6. The fourth-order valence-electron chi connectivity index (χ4n) is 2.49. The standard InChI is InChI=1S/C14H13N3O3/c18-12-7-9-3-1-2-4-11(9)14(12)16-13-6-5-10(8-15-13)17(19)20/h1-6,8,12,14,18H,7H2,(H,15,16)/t12-,14+/m0/s1. The van der Waals surface area contributed by atoms with Crippen LogP contribution in [0.3, 0.4) is 0 Å². The number of fused-ring (bicyclic) bond motifs is 1. The molecule has 1 aliphatic rings. The van der Waals surface area contributed by atoms with Gasteiger partial charge < -0.3 is 10.4 Å². The molecule has 20 heavy (non-hydrogen) atoms. The number of rotatable bonds is 3. The average Bonchev–Trinajstić information content (AvgIpc) is 2.76. The summed E-state index contributed by atoms with van der Waals surface area (Å²) in [6.07, 6.45) is 1.28. The van der Waals surface area contributed by atoms with Crippen LogP contribution in [0.25, 0.3) is 0 Å². The number of nitro groups is 1. The lowest BCUT2D eigenvalue weighted by Gasteiger charge is -2.18. The van der Waals surface area contributed by atoms with Crippen molar-refractivity contribution in [2.24, 2.45) is 0 Å². The van der Waals surface area contributed by atoms with Crippen molar-refractivity contribution < 1.29 is 10.0 Å². The van der Waals surface area contributed by atoms with Gasteiger partial charge in [-0.3, -0.25) is 10.1 Å². The Labute approximate surface area is 115 Å². The number of anilines is 1. The zero-order valence-corrected chi connectivity index (χ0v) is 10.6. The van der Waals surface area contributed by atoms with Crippen LogP contribution in [-0.4, -0.2) is 21.1 Å². The first-order chi connectivity index (χ1) is 9.65.